The average molecular weight is 301 g/mol. The summed E-state index contributed by atoms with van der Waals surface area (Å²) >= 11 is 0. The number of nitrogens with zero attached hydrogens (tertiary/aromatic N) is 1. The Morgan fingerprint density at radius 2 is 1.13 bits per heavy atom. The molecule has 0 radical (unpaired) electrons. The van der Waals surface area contributed by atoms with Crippen LogP contribution in [0.1, 0.15) is 27.7 Å². The van der Waals surface area contributed by atoms with Crippen molar-refractivity contribution in [2.24, 2.45) is 0 Å². The molecule has 4 aromatic rings. The number of benzene rings is 4. The summed E-state index contributed by atoms with van der Waals surface area (Å²) < 4.78 is 0. The van der Waals surface area contributed by atoms with E-state index in [2.05, 4.69) is 87.2 Å². The standard InChI is InChI=1S/C22H23N/c1-14(2)23(15(3)4)20-13-11-18-9-8-16-6-5-7-17-10-12-19(20)22(18)21(16)17/h5-15H,1-4H3. The molecule has 0 aromatic heterocycles. The summed E-state index contributed by atoms with van der Waals surface area (Å²) in [6, 6.07) is 21.2. The van der Waals surface area contributed by atoms with Crippen LogP contribution < -0.4 is 4.90 Å². The number of rotatable bonds is 3. The van der Waals surface area contributed by atoms with E-state index in [4.69, 9.17) is 0 Å². The van der Waals surface area contributed by atoms with Crippen molar-refractivity contribution in [3.05, 3.63) is 54.6 Å². The summed E-state index contributed by atoms with van der Waals surface area (Å²) in [5.74, 6) is 0. The van der Waals surface area contributed by atoms with Crippen LogP contribution in [0.25, 0.3) is 32.3 Å². The summed E-state index contributed by atoms with van der Waals surface area (Å²) in [7, 11) is 0. The molecule has 23 heavy (non-hydrogen) atoms. The maximum atomic E-state index is 2.52. The first kappa shape index (κ1) is 14.3. The molecule has 0 unspecified atom stereocenters. The van der Waals surface area contributed by atoms with Gasteiger partial charge in [0.15, 0.2) is 0 Å². The predicted octanol–water partition coefficient (Wildman–Crippen LogP) is 6.21. The van der Waals surface area contributed by atoms with E-state index in [9.17, 15) is 0 Å². The summed E-state index contributed by atoms with van der Waals surface area (Å²) in [5.41, 5.74) is 1.35. The van der Waals surface area contributed by atoms with Crippen molar-refractivity contribution in [1.29, 1.82) is 0 Å². The fourth-order valence-corrected chi connectivity index (χ4v) is 4.10. The van der Waals surface area contributed by atoms with Gasteiger partial charge in [-0.2, -0.15) is 0 Å². The average Bonchev–Trinajstić information content (AvgIpc) is 2.53. The molecule has 0 saturated carbocycles. The number of anilines is 1. The highest BCUT2D eigenvalue weighted by molar-refractivity contribution is 6.25. The van der Waals surface area contributed by atoms with Gasteiger partial charge in [0.1, 0.15) is 0 Å². The molecular formula is C22H23N. The van der Waals surface area contributed by atoms with Gasteiger partial charge in [0.2, 0.25) is 0 Å². The topological polar surface area (TPSA) is 3.24 Å². The van der Waals surface area contributed by atoms with Crippen LogP contribution in [0.4, 0.5) is 5.69 Å². The van der Waals surface area contributed by atoms with Crippen LogP contribution >= 0.6 is 0 Å². The second-order valence-electron chi connectivity index (χ2n) is 7.04. The smallest absolute Gasteiger partial charge is 0.0451 e. The van der Waals surface area contributed by atoms with Crippen LogP contribution in [-0.2, 0) is 0 Å². The lowest BCUT2D eigenvalue weighted by Crippen LogP contribution is -2.37. The van der Waals surface area contributed by atoms with Crippen LogP contribution in [0, 0.1) is 0 Å². The molecule has 4 aromatic carbocycles. The Bertz CT molecular complexity index is 957. The molecule has 0 bridgehead atoms. The van der Waals surface area contributed by atoms with Gasteiger partial charge in [-0.25, -0.2) is 0 Å². The van der Waals surface area contributed by atoms with E-state index in [-0.39, 0.29) is 0 Å². The number of hydrogen-bond donors (Lipinski definition) is 0. The Kier molecular flexibility index (Phi) is 3.19. The van der Waals surface area contributed by atoms with Crippen molar-refractivity contribution in [3.8, 4) is 0 Å². The van der Waals surface area contributed by atoms with E-state index >= 15 is 0 Å². The quantitative estimate of drug-likeness (QED) is 0.407. The molecule has 0 aliphatic heterocycles. The largest absolute Gasteiger partial charge is 0.366 e. The minimum Gasteiger partial charge on any atom is -0.366 e. The molecule has 0 aliphatic rings. The minimum atomic E-state index is 0.480. The van der Waals surface area contributed by atoms with Crippen molar-refractivity contribution in [3.63, 3.8) is 0 Å². The molecule has 0 aliphatic carbocycles. The molecule has 0 N–H and O–H groups in total. The van der Waals surface area contributed by atoms with E-state index in [1.165, 1.54) is 38.0 Å². The zero-order valence-electron chi connectivity index (χ0n) is 14.3. The Morgan fingerprint density at radius 3 is 1.74 bits per heavy atom. The highest BCUT2D eigenvalue weighted by atomic mass is 15.2. The molecule has 1 heteroatoms. The number of hydrogen-bond acceptors (Lipinski definition) is 1. The van der Waals surface area contributed by atoms with Gasteiger partial charge >= 0.3 is 0 Å². The molecule has 0 atom stereocenters. The van der Waals surface area contributed by atoms with Crippen molar-refractivity contribution in [1.82, 2.24) is 0 Å². The zero-order valence-corrected chi connectivity index (χ0v) is 14.3. The fourth-order valence-electron chi connectivity index (χ4n) is 4.10. The minimum absolute atomic E-state index is 0.480. The van der Waals surface area contributed by atoms with Gasteiger partial charge in [-0.1, -0.05) is 48.5 Å². The Balaban J connectivity index is 2.15. The van der Waals surface area contributed by atoms with Gasteiger partial charge in [-0.15, -0.1) is 0 Å². The summed E-state index contributed by atoms with van der Waals surface area (Å²) in [4.78, 5) is 2.52. The van der Waals surface area contributed by atoms with Crippen molar-refractivity contribution < 1.29 is 0 Å². The van der Waals surface area contributed by atoms with Crippen molar-refractivity contribution in [2.45, 2.75) is 39.8 Å². The van der Waals surface area contributed by atoms with Gasteiger partial charge in [0.25, 0.3) is 0 Å². The predicted molar refractivity (Wildman–Crippen MR) is 103 cm³/mol. The zero-order chi connectivity index (χ0) is 16.1. The van der Waals surface area contributed by atoms with E-state index in [0.29, 0.717) is 12.1 Å². The van der Waals surface area contributed by atoms with Gasteiger partial charge in [0, 0.05) is 23.2 Å². The first-order valence-corrected chi connectivity index (χ1v) is 8.53. The molecule has 0 spiro atoms. The second-order valence-corrected chi connectivity index (χ2v) is 7.04. The van der Waals surface area contributed by atoms with Crippen molar-refractivity contribution in [2.75, 3.05) is 4.90 Å². The molecule has 116 valence electrons. The van der Waals surface area contributed by atoms with Crippen LogP contribution in [0.2, 0.25) is 0 Å². The first-order chi connectivity index (χ1) is 11.1. The van der Waals surface area contributed by atoms with Crippen LogP contribution in [0.3, 0.4) is 0 Å². The van der Waals surface area contributed by atoms with Crippen molar-refractivity contribution >= 4 is 38.0 Å². The van der Waals surface area contributed by atoms with E-state index < -0.39 is 0 Å². The molecule has 0 saturated heterocycles. The molecule has 0 heterocycles. The van der Waals surface area contributed by atoms with Gasteiger partial charge in [-0.3, -0.25) is 0 Å². The van der Waals surface area contributed by atoms with E-state index in [0.717, 1.165) is 0 Å². The van der Waals surface area contributed by atoms with E-state index in [1.807, 2.05) is 0 Å². The van der Waals surface area contributed by atoms with Crippen LogP contribution in [0.5, 0.6) is 0 Å². The molecule has 0 fully saturated rings. The fraction of sp³-hybridized carbons (Fsp3) is 0.273. The molecule has 0 amide bonds. The molecule has 4 rings (SSSR count). The lowest BCUT2D eigenvalue weighted by Gasteiger charge is -2.34. The maximum absolute atomic E-state index is 2.52. The van der Waals surface area contributed by atoms with E-state index in [1.54, 1.807) is 0 Å². The van der Waals surface area contributed by atoms with Crippen LogP contribution in [-0.4, -0.2) is 12.1 Å². The van der Waals surface area contributed by atoms with Gasteiger partial charge < -0.3 is 4.90 Å². The third-order valence-corrected chi connectivity index (χ3v) is 4.90. The van der Waals surface area contributed by atoms with Gasteiger partial charge in [-0.05, 0) is 60.7 Å². The molecular weight excluding hydrogens is 278 g/mol. The monoisotopic (exact) mass is 301 g/mol. The Morgan fingerprint density at radius 1 is 0.609 bits per heavy atom. The third kappa shape index (κ3) is 2.07. The molecule has 1 nitrogen and oxygen atoms in total. The lowest BCUT2D eigenvalue weighted by atomic mass is 9.93. The lowest BCUT2D eigenvalue weighted by molar-refractivity contribution is 0.610. The normalized spacial score (nSPS) is 12.3. The summed E-state index contributed by atoms with van der Waals surface area (Å²) in [6.07, 6.45) is 0. The van der Waals surface area contributed by atoms with Gasteiger partial charge in [0.05, 0.1) is 0 Å². The first-order valence-electron chi connectivity index (χ1n) is 8.53. The Labute approximate surface area is 137 Å². The highest BCUT2D eigenvalue weighted by Crippen LogP contribution is 2.39. The summed E-state index contributed by atoms with van der Waals surface area (Å²) in [6.45, 7) is 9.10. The highest BCUT2D eigenvalue weighted by Gasteiger charge is 2.18. The summed E-state index contributed by atoms with van der Waals surface area (Å²) in [5, 5.41) is 8.17. The SMILES string of the molecule is CC(C)N(c1ccc2ccc3cccc4ccc1c2c34)C(C)C. The Hall–Kier alpha value is -2.28. The second kappa shape index (κ2) is 5.13. The maximum Gasteiger partial charge on any atom is 0.0451 e. The van der Waals surface area contributed by atoms with Crippen LogP contribution in [0.15, 0.2) is 54.6 Å². The third-order valence-electron chi connectivity index (χ3n) is 4.90.